The summed E-state index contributed by atoms with van der Waals surface area (Å²) >= 11 is 3.40. The number of esters is 1. The molecule has 0 N–H and O–H groups in total. The molecular weight excluding hydrogens is 552 g/mol. The Morgan fingerprint density at radius 3 is 1.58 bits per heavy atom. The molecule has 0 bridgehead atoms. The molecular formula is C30H33BrO7. The quantitative estimate of drug-likeness (QED) is 0.224. The molecule has 0 unspecified atom stereocenters. The first-order valence-corrected chi connectivity index (χ1v) is 13.1. The molecule has 3 aromatic rings. The first kappa shape index (κ1) is 27.6. The Morgan fingerprint density at radius 2 is 1.13 bits per heavy atom. The Bertz CT molecular complexity index is 1330. The maximum Gasteiger partial charge on any atom is 0.343 e. The van der Waals surface area contributed by atoms with Crippen LogP contribution in [-0.2, 0) is 12.8 Å². The zero-order chi connectivity index (χ0) is 27.6. The third-order valence-corrected chi connectivity index (χ3v) is 7.72. The summed E-state index contributed by atoms with van der Waals surface area (Å²) in [6, 6.07) is 10.9. The molecule has 0 saturated carbocycles. The molecule has 7 nitrogen and oxygen atoms in total. The van der Waals surface area contributed by atoms with Gasteiger partial charge in [0.1, 0.15) is 0 Å². The summed E-state index contributed by atoms with van der Waals surface area (Å²) < 4.78 is 35.9. The minimum Gasteiger partial charge on any atom is -0.493 e. The van der Waals surface area contributed by atoms with Gasteiger partial charge in [0.25, 0.3) is 0 Å². The number of rotatable bonds is 7. The zero-order valence-corrected chi connectivity index (χ0v) is 24.4. The summed E-state index contributed by atoms with van der Waals surface area (Å²) in [6.45, 7) is 4.46. The van der Waals surface area contributed by atoms with Crippen molar-refractivity contribution in [1.82, 2.24) is 0 Å². The average Bonchev–Trinajstić information content (AvgIpc) is 2.91. The van der Waals surface area contributed by atoms with Crippen molar-refractivity contribution in [3.05, 3.63) is 57.6 Å². The van der Waals surface area contributed by atoms with E-state index in [0.717, 1.165) is 39.6 Å². The molecule has 0 amide bonds. The Balaban J connectivity index is 2.00. The highest BCUT2D eigenvalue weighted by molar-refractivity contribution is 9.10. The molecule has 38 heavy (non-hydrogen) atoms. The van der Waals surface area contributed by atoms with E-state index in [-0.39, 0.29) is 5.75 Å². The summed E-state index contributed by atoms with van der Waals surface area (Å²) in [4.78, 5) is 13.1. The Morgan fingerprint density at radius 1 is 0.684 bits per heavy atom. The Kier molecular flexibility index (Phi) is 8.41. The number of carbonyl (C=O) groups is 1. The SMILES string of the molecule is COc1cc2c(c(OC)c1OC)-c1c(cc(OC(=O)c3ccc(Br)cc3)c(OC)c1OC)C[C@H](C)[C@H](C)C2. The second-order valence-electron chi connectivity index (χ2n) is 9.41. The van der Waals surface area contributed by atoms with Crippen LogP contribution in [0.2, 0.25) is 0 Å². The number of halogens is 1. The van der Waals surface area contributed by atoms with E-state index in [1.165, 1.54) is 7.11 Å². The van der Waals surface area contributed by atoms with E-state index < -0.39 is 5.97 Å². The van der Waals surface area contributed by atoms with Gasteiger partial charge in [-0.15, -0.1) is 0 Å². The molecule has 8 heteroatoms. The monoisotopic (exact) mass is 584 g/mol. The fourth-order valence-corrected chi connectivity index (χ4v) is 5.31. The van der Waals surface area contributed by atoms with Crippen molar-refractivity contribution >= 4 is 21.9 Å². The van der Waals surface area contributed by atoms with Gasteiger partial charge >= 0.3 is 5.97 Å². The van der Waals surface area contributed by atoms with Crippen LogP contribution in [0, 0.1) is 11.8 Å². The molecule has 0 saturated heterocycles. The van der Waals surface area contributed by atoms with Gasteiger partial charge in [-0.25, -0.2) is 4.79 Å². The van der Waals surface area contributed by atoms with E-state index in [1.54, 1.807) is 52.7 Å². The molecule has 1 aliphatic carbocycles. The molecule has 1 aliphatic rings. The van der Waals surface area contributed by atoms with Crippen molar-refractivity contribution in [3.63, 3.8) is 0 Å². The van der Waals surface area contributed by atoms with Gasteiger partial charge in [0, 0.05) is 15.6 Å². The number of hydrogen-bond donors (Lipinski definition) is 0. The second-order valence-corrected chi connectivity index (χ2v) is 10.3. The predicted molar refractivity (Wildman–Crippen MR) is 149 cm³/mol. The predicted octanol–water partition coefficient (Wildman–Crippen LogP) is 6.75. The van der Waals surface area contributed by atoms with E-state index in [2.05, 4.69) is 29.8 Å². The van der Waals surface area contributed by atoms with Crippen molar-refractivity contribution in [1.29, 1.82) is 0 Å². The molecule has 0 aromatic heterocycles. The van der Waals surface area contributed by atoms with Crippen LogP contribution in [0.3, 0.4) is 0 Å². The van der Waals surface area contributed by atoms with Crippen LogP contribution in [0.25, 0.3) is 11.1 Å². The lowest BCUT2D eigenvalue weighted by atomic mass is 9.77. The van der Waals surface area contributed by atoms with Crippen LogP contribution < -0.4 is 28.4 Å². The maximum absolute atomic E-state index is 13.1. The first-order valence-electron chi connectivity index (χ1n) is 12.4. The van der Waals surface area contributed by atoms with Gasteiger partial charge in [0.05, 0.1) is 41.1 Å². The van der Waals surface area contributed by atoms with Crippen molar-refractivity contribution in [2.75, 3.05) is 35.5 Å². The molecule has 3 aromatic carbocycles. The topological polar surface area (TPSA) is 72.5 Å². The zero-order valence-electron chi connectivity index (χ0n) is 22.8. The van der Waals surface area contributed by atoms with Crippen molar-refractivity contribution in [2.24, 2.45) is 11.8 Å². The lowest BCUT2D eigenvalue weighted by molar-refractivity contribution is 0.0729. The molecule has 4 rings (SSSR count). The molecule has 0 fully saturated rings. The minimum atomic E-state index is -0.491. The van der Waals surface area contributed by atoms with Gasteiger partial charge in [0.15, 0.2) is 23.0 Å². The number of hydrogen-bond acceptors (Lipinski definition) is 7. The van der Waals surface area contributed by atoms with Crippen molar-refractivity contribution in [3.8, 4) is 45.6 Å². The lowest BCUT2D eigenvalue weighted by Gasteiger charge is -2.30. The van der Waals surface area contributed by atoms with Gasteiger partial charge < -0.3 is 28.4 Å². The van der Waals surface area contributed by atoms with Gasteiger partial charge in [-0.1, -0.05) is 29.8 Å². The maximum atomic E-state index is 13.1. The van der Waals surface area contributed by atoms with Crippen LogP contribution in [0.4, 0.5) is 0 Å². The molecule has 0 aliphatic heterocycles. The third-order valence-electron chi connectivity index (χ3n) is 7.19. The van der Waals surface area contributed by atoms with Gasteiger partial charge in [0.2, 0.25) is 11.5 Å². The number of ether oxygens (including phenoxy) is 6. The Labute approximate surface area is 232 Å². The first-order chi connectivity index (χ1) is 18.3. The average molecular weight is 585 g/mol. The highest BCUT2D eigenvalue weighted by atomic mass is 79.9. The smallest absolute Gasteiger partial charge is 0.343 e. The standard InChI is InChI=1S/C30H33BrO7/c1-16-12-19-14-22(33-3)26(34-4)28(36-6)24(19)25-20(13-17(16)2)15-23(27(35-5)29(25)37-7)38-30(32)18-8-10-21(31)11-9-18/h8-11,14-17H,12-13H2,1-7H3/t16-,17+/m1/s1. The van der Waals surface area contributed by atoms with Crippen LogP contribution >= 0.6 is 15.9 Å². The van der Waals surface area contributed by atoms with Gasteiger partial charge in [-0.2, -0.15) is 0 Å². The number of carbonyl (C=O) groups excluding carboxylic acids is 1. The summed E-state index contributed by atoms with van der Waals surface area (Å²) in [5, 5.41) is 0. The fourth-order valence-electron chi connectivity index (χ4n) is 5.05. The van der Waals surface area contributed by atoms with Crippen molar-refractivity contribution < 1.29 is 33.2 Å². The highest BCUT2D eigenvalue weighted by Crippen LogP contribution is 2.55. The largest absolute Gasteiger partial charge is 0.493 e. The summed E-state index contributed by atoms with van der Waals surface area (Å²) in [7, 11) is 7.92. The normalized spacial score (nSPS) is 16.3. The molecule has 0 heterocycles. The third kappa shape index (κ3) is 5.01. The molecule has 2 atom stereocenters. The number of methoxy groups -OCH3 is 5. The molecule has 202 valence electrons. The lowest BCUT2D eigenvalue weighted by Crippen LogP contribution is -2.19. The summed E-state index contributed by atoms with van der Waals surface area (Å²) in [6.07, 6.45) is 1.54. The fraction of sp³-hybridized carbons (Fsp3) is 0.367. The number of fused-ring (bicyclic) bond motifs is 3. The van der Waals surface area contributed by atoms with E-state index in [0.29, 0.717) is 46.1 Å². The highest BCUT2D eigenvalue weighted by Gasteiger charge is 2.33. The van der Waals surface area contributed by atoms with Crippen molar-refractivity contribution in [2.45, 2.75) is 26.7 Å². The minimum absolute atomic E-state index is 0.289. The Hall–Kier alpha value is -3.39. The van der Waals surface area contributed by atoms with E-state index in [1.807, 2.05) is 12.1 Å². The van der Waals surface area contributed by atoms with Crippen LogP contribution in [0.5, 0.6) is 34.5 Å². The van der Waals surface area contributed by atoms with E-state index in [4.69, 9.17) is 28.4 Å². The van der Waals surface area contributed by atoms with Gasteiger partial charge in [-0.3, -0.25) is 0 Å². The second kappa shape index (κ2) is 11.6. The molecule has 0 radical (unpaired) electrons. The van der Waals surface area contributed by atoms with Crippen LogP contribution in [-0.4, -0.2) is 41.5 Å². The summed E-state index contributed by atoms with van der Waals surface area (Å²) in [5.74, 6) is 2.89. The molecule has 0 spiro atoms. The van der Waals surface area contributed by atoms with Crippen LogP contribution in [0.15, 0.2) is 40.9 Å². The van der Waals surface area contributed by atoms with Crippen LogP contribution in [0.1, 0.15) is 35.3 Å². The summed E-state index contributed by atoms with van der Waals surface area (Å²) in [5.41, 5.74) is 4.08. The van der Waals surface area contributed by atoms with E-state index in [9.17, 15) is 4.79 Å². The number of benzene rings is 3. The van der Waals surface area contributed by atoms with E-state index >= 15 is 0 Å². The van der Waals surface area contributed by atoms with Gasteiger partial charge in [-0.05, 0) is 72.2 Å².